The Morgan fingerprint density at radius 1 is 1.23 bits per heavy atom. The zero-order chi connectivity index (χ0) is 15.1. The first kappa shape index (κ1) is 13.3. The van der Waals surface area contributed by atoms with Gasteiger partial charge in [-0.2, -0.15) is 0 Å². The van der Waals surface area contributed by atoms with Crippen LogP contribution < -0.4 is 0 Å². The molecule has 0 radical (unpaired) electrons. The van der Waals surface area contributed by atoms with E-state index in [2.05, 4.69) is 22.1 Å². The number of hydrogen-bond acceptors (Lipinski definition) is 2. The molecule has 4 nitrogen and oxygen atoms in total. The highest BCUT2D eigenvalue weighted by molar-refractivity contribution is 6.29. The molecule has 3 aromatic rings. The number of amides is 1. The number of rotatable bonds is 1. The normalized spacial score (nSPS) is 14.1. The van der Waals surface area contributed by atoms with Gasteiger partial charge in [0.2, 0.25) is 0 Å². The minimum absolute atomic E-state index is 0.0000905. The summed E-state index contributed by atoms with van der Waals surface area (Å²) < 4.78 is 0. The third-order valence-corrected chi connectivity index (χ3v) is 4.37. The first-order valence-electron chi connectivity index (χ1n) is 7.21. The highest BCUT2D eigenvalue weighted by Crippen LogP contribution is 2.28. The van der Waals surface area contributed by atoms with Gasteiger partial charge in [-0.25, -0.2) is 4.98 Å². The van der Waals surface area contributed by atoms with Crippen molar-refractivity contribution >= 4 is 28.4 Å². The van der Waals surface area contributed by atoms with Crippen molar-refractivity contribution in [2.75, 3.05) is 6.54 Å². The van der Waals surface area contributed by atoms with E-state index in [4.69, 9.17) is 11.6 Å². The van der Waals surface area contributed by atoms with Crippen LogP contribution in [-0.2, 0) is 13.0 Å². The number of para-hydroxylation sites is 1. The molecular formula is C17H14ClN3O. The van der Waals surface area contributed by atoms with Crippen molar-refractivity contribution in [1.29, 1.82) is 0 Å². The Bertz CT molecular complexity index is 854. The number of aromatic nitrogens is 2. The molecule has 0 saturated heterocycles. The van der Waals surface area contributed by atoms with Gasteiger partial charge in [-0.3, -0.25) is 4.79 Å². The second kappa shape index (κ2) is 5.14. The number of nitrogens with zero attached hydrogens (tertiary/aromatic N) is 2. The molecule has 4 rings (SSSR count). The summed E-state index contributed by atoms with van der Waals surface area (Å²) in [5, 5.41) is 1.60. The molecule has 5 heteroatoms. The number of H-pyrrole nitrogens is 1. The lowest BCUT2D eigenvalue weighted by Gasteiger charge is -2.27. The van der Waals surface area contributed by atoms with Crippen LogP contribution in [0.4, 0.5) is 0 Å². The van der Waals surface area contributed by atoms with E-state index in [1.165, 1.54) is 22.8 Å². The molecular weight excluding hydrogens is 298 g/mol. The third-order valence-electron chi connectivity index (χ3n) is 4.14. The maximum absolute atomic E-state index is 12.6. The number of pyridine rings is 1. The third kappa shape index (κ3) is 2.16. The quantitative estimate of drug-likeness (QED) is 0.700. The van der Waals surface area contributed by atoms with Crippen molar-refractivity contribution in [2.24, 2.45) is 0 Å². The molecule has 3 heterocycles. The van der Waals surface area contributed by atoms with Crippen LogP contribution in [0.1, 0.15) is 21.6 Å². The molecule has 0 unspecified atom stereocenters. The summed E-state index contributed by atoms with van der Waals surface area (Å²) in [5.74, 6) is 0.0000905. The molecule has 0 atom stereocenters. The Balaban J connectivity index is 1.66. The largest absolute Gasteiger partial charge is 0.358 e. The lowest BCUT2D eigenvalue weighted by molar-refractivity contribution is 0.0734. The molecule has 22 heavy (non-hydrogen) atoms. The second-order valence-electron chi connectivity index (χ2n) is 5.47. The Labute approximate surface area is 132 Å². The van der Waals surface area contributed by atoms with Crippen LogP contribution >= 0.6 is 11.6 Å². The fourth-order valence-corrected chi connectivity index (χ4v) is 3.14. The van der Waals surface area contributed by atoms with Crippen molar-refractivity contribution in [3.05, 3.63) is 64.6 Å². The summed E-state index contributed by atoms with van der Waals surface area (Å²) in [6.07, 6.45) is 2.38. The minimum Gasteiger partial charge on any atom is -0.358 e. The van der Waals surface area contributed by atoms with Crippen LogP contribution in [0, 0.1) is 0 Å². The van der Waals surface area contributed by atoms with E-state index in [1.807, 2.05) is 17.0 Å². The van der Waals surface area contributed by atoms with E-state index in [0.717, 1.165) is 11.9 Å². The molecule has 110 valence electrons. The predicted molar refractivity (Wildman–Crippen MR) is 86.0 cm³/mol. The van der Waals surface area contributed by atoms with Gasteiger partial charge in [0.1, 0.15) is 5.15 Å². The maximum Gasteiger partial charge on any atom is 0.255 e. The van der Waals surface area contributed by atoms with Crippen LogP contribution in [0.3, 0.4) is 0 Å². The predicted octanol–water partition coefficient (Wildman–Crippen LogP) is 3.41. The molecule has 1 aliphatic rings. The summed E-state index contributed by atoms with van der Waals surface area (Å²) >= 11 is 5.78. The van der Waals surface area contributed by atoms with E-state index < -0.39 is 0 Å². The van der Waals surface area contributed by atoms with E-state index >= 15 is 0 Å². The lowest BCUT2D eigenvalue weighted by Crippen LogP contribution is -2.35. The zero-order valence-electron chi connectivity index (χ0n) is 11.8. The van der Waals surface area contributed by atoms with Crippen LogP contribution in [0.25, 0.3) is 10.9 Å². The summed E-state index contributed by atoms with van der Waals surface area (Å²) in [6.45, 7) is 1.34. The highest BCUT2D eigenvalue weighted by Gasteiger charge is 2.24. The molecule has 0 spiro atoms. The lowest BCUT2D eigenvalue weighted by atomic mass is 10.0. The Hall–Kier alpha value is -2.33. The molecule has 1 N–H and O–H groups in total. The van der Waals surface area contributed by atoms with E-state index in [-0.39, 0.29) is 5.91 Å². The molecule has 1 amide bonds. The summed E-state index contributed by atoms with van der Waals surface area (Å²) in [7, 11) is 0. The molecule has 1 aliphatic heterocycles. The van der Waals surface area contributed by atoms with E-state index in [9.17, 15) is 4.79 Å². The van der Waals surface area contributed by atoms with Crippen LogP contribution in [0.15, 0.2) is 42.6 Å². The Kier molecular flexibility index (Phi) is 3.12. The van der Waals surface area contributed by atoms with Crippen LogP contribution in [-0.4, -0.2) is 27.3 Å². The second-order valence-corrected chi connectivity index (χ2v) is 5.86. The van der Waals surface area contributed by atoms with Crippen molar-refractivity contribution in [3.8, 4) is 0 Å². The van der Waals surface area contributed by atoms with Gasteiger partial charge in [0.05, 0.1) is 5.56 Å². The van der Waals surface area contributed by atoms with Gasteiger partial charge >= 0.3 is 0 Å². The summed E-state index contributed by atoms with van der Waals surface area (Å²) in [6, 6.07) is 11.6. The smallest absolute Gasteiger partial charge is 0.255 e. The molecule has 0 saturated carbocycles. The van der Waals surface area contributed by atoms with Gasteiger partial charge in [0.25, 0.3) is 5.91 Å². The van der Waals surface area contributed by atoms with Gasteiger partial charge in [-0.1, -0.05) is 29.8 Å². The van der Waals surface area contributed by atoms with Crippen molar-refractivity contribution in [2.45, 2.75) is 13.0 Å². The average Bonchev–Trinajstić information content (AvgIpc) is 2.92. The van der Waals surface area contributed by atoms with Gasteiger partial charge in [-0.15, -0.1) is 0 Å². The Morgan fingerprint density at radius 2 is 2.09 bits per heavy atom. The number of aromatic amines is 1. The van der Waals surface area contributed by atoms with Crippen LogP contribution in [0.2, 0.25) is 5.15 Å². The maximum atomic E-state index is 12.6. The number of hydrogen-bond donors (Lipinski definition) is 1. The van der Waals surface area contributed by atoms with Crippen molar-refractivity contribution < 1.29 is 4.79 Å². The van der Waals surface area contributed by atoms with Gasteiger partial charge < -0.3 is 9.88 Å². The zero-order valence-corrected chi connectivity index (χ0v) is 12.6. The molecule has 1 aromatic carbocycles. The topological polar surface area (TPSA) is 49.0 Å². The minimum atomic E-state index is 0.0000905. The molecule has 0 bridgehead atoms. The summed E-state index contributed by atoms with van der Waals surface area (Å²) in [5.41, 5.74) is 4.17. The number of halogens is 1. The van der Waals surface area contributed by atoms with Crippen molar-refractivity contribution in [1.82, 2.24) is 14.9 Å². The molecule has 2 aromatic heterocycles. The SMILES string of the molecule is O=C(c1ccc(Cl)nc1)N1CCc2[nH]c3ccccc3c2C1. The Morgan fingerprint density at radius 3 is 2.91 bits per heavy atom. The first-order chi connectivity index (χ1) is 10.7. The number of nitrogens with one attached hydrogen (secondary N) is 1. The average molecular weight is 312 g/mol. The number of benzene rings is 1. The molecule has 0 aliphatic carbocycles. The first-order valence-corrected chi connectivity index (χ1v) is 7.59. The van der Waals surface area contributed by atoms with Crippen LogP contribution in [0.5, 0.6) is 0 Å². The fraction of sp³-hybridized carbons (Fsp3) is 0.176. The van der Waals surface area contributed by atoms with Gasteiger partial charge in [-0.05, 0) is 18.2 Å². The number of fused-ring (bicyclic) bond motifs is 3. The van der Waals surface area contributed by atoms with E-state index in [0.29, 0.717) is 23.8 Å². The fourth-order valence-electron chi connectivity index (χ4n) is 3.02. The summed E-state index contributed by atoms with van der Waals surface area (Å²) in [4.78, 5) is 21.9. The monoisotopic (exact) mass is 311 g/mol. The standard InChI is InChI=1S/C17H14ClN3O/c18-16-6-5-11(9-19-16)17(22)21-8-7-15-13(10-21)12-3-1-2-4-14(12)20-15/h1-6,9,20H,7-8,10H2. The van der Waals surface area contributed by atoms with E-state index in [1.54, 1.807) is 12.1 Å². The number of carbonyl (C=O) groups is 1. The van der Waals surface area contributed by atoms with Crippen molar-refractivity contribution in [3.63, 3.8) is 0 Å². The number of carbonyl (C=O) groups excluding carboxylic acids is 1. The molecule has 0 fully saturated rings. The highest BCUT2D eigenvalue weighted by atomic mass is 35.5. The van der Waals surface area contributed by atoms with Gasteiger partial charge in [0.15, 0.2) is 0 Å². The van der Waals surface area contributed by atoms with Gasteiger partial charge in [0, 0.05) is 47.9 Å².